The molecule has 2 rings (SSSR count). The molecule has 0 unspecified atom stereocenters. The van der Waals surface area contributed by atoms with E-state index in [9.17, 15) is 4.79 Å². The van der Waals surface area contributed by atoms with E-state index < -0.39 is 0 Å². The summed E-state index contributed by atoms with van der Waals surface area (Å²) in [5.74, 6) is -0.0173. The van der Waals surface area contributed by atoms with Gasteiger partial charge in [0.1, 0.15) is 0 Å². The van der Waals surface area contributed by atoms with Gasteiger partial charge < -0.3 is 10.6 Å². The molecule has 2 N–H and O–H groups in total. The number of hydrogen-bond acceptors (Lipinski definition) is 2. The minimum Gasteiger partial charge on any atom is -0.326 e. The van der Waals surface area contributed by atoms with E-state index in [0.29, 0.717) is 5.54 Å². The number of benzene rings is 1. The van der Waals surface area contributed by atoms with E-state index in [4.69, 9.17) is 0 Å². The minimum absolute atomic E-state index is 0.0173. The highest BCUT2D eigenvalue weighted by atomic mass is 16.1. The van der Waals surface area contributed by atoms with Gasteiger partial charge in [0.2, 0.25) is 5.91 Å². The molecule has 1 aliphatic rings. The van der Waals surface area contributed by atoms with Crippen molar-refractivity contribution in [1.29, 1.82) is 0 Å². The summed E-state index contributed by atoms with van der Waals surface area (Å²) in [6, 6.07) is 7.99. The normalized spacial score (nSPS) is 17.0. The first-order valence-corrected chi connectivity index (χ1v) is 6.76. The van der Waals surface area contributed by atoms with Crippen LogP contribution in [0.5, 0.6) is 0 Å². The monoisotopic (exact) mass is 246 g/mol. The first-order valence-electron chi connectivity index (χ1n) is 6.76. The Kier molecular flexibility index (Phi) is 4.02. The van der Waals surface area contributed by atoms with E-state index >= 15 is 0 Å². The van der Waals surface area contributed by atoms with Crippen LogP contribution in [0, 0.1) is 0 Å². The number of anilines is 1. The third kappa shape index (κ3) is 2.91. The van der Waals surface area contributed by atoms with E-state index in [1.807, 2.05) is 18.2 Å². The second kappa shape index (κ2) is 5.53. The zero-order valence-electron chi connectivity index (χ0n) is 11.3. The number of carbonyl (C=O) groups is 1. The van der Waals surface area contributed by atoms with Crippen molar-refractivity contribution in [2.24, 2.45) is 0 Å². The largest absolute Gasteiger partial charge is 0.326 e. The standard InChI is InChI=1S/C15H22N2O/c1-3-15(9-6-10-15)16-11-13-7-4-5-8-14(13)17-12(2)18/h4-5,7-8,16H,3,6,9-11H2,1-2H3,(H,17,18). The van der Waals surface area contributed by atoms with E-state index in [1.54, 1.807) is 6.92 Å². The van der Waals surface area contributed by atoms with E-state index in [2.05, 4.69) is 23.6 Å². The van der Waals surface area contributed by atoms with E-state index in [0.717, 1.165) is 17.8 Å². The first-order chi connectivity index (χ1) is 8.65. The SMILES string of the molecule is CCC1(NCc2ccccc2NC(C)=O)CCC1. The molecule has 0 saturated heterocycles. The van der Waals surface area contributed by atoms with Gasteiger partial charge in [0.25, 0.3) is 0 Å². The molecule has 1 aliphatic carbocycles. The van der Waals surface area contributed by atoms with Crippen molar-refractivity contribution in [1.82, 2.24) is 5.32 Å². The molecule has 98 valence electrons. The van der Waals surface area contributed by atoms with Crippen LogP contribution in [-0.2, 0) is 11.3 Å². The summed E-state index contributed by atoms with van der Waals surface area (Å²) in [5.41, 5.74) is 2.42. The van der Waals surface area contributed by atoms with Gasteiger partial charge in [-0.1, -0.05) is 25.1 Å². The molecule has 3 nitrogen and oxygen atoms in total. The Labute approximate surface area is 109 Å². The predicted octanol–water partition coefficient (Wildman–Crippen LogP) is 3.07. The molecule has 0 heterocycles. The summed E-state index contributed by atoms with van der Waals surface area (Å²) in [6.07, 6.45) is 5.04. The summed E-state index contributed by atoms with van der Waals surface area (Å²) in [5, 5.41) is 6.55. The van der Waals surface area contributed by atoms with Crippen molar-refractivity contribution in [2.75, 3.05) is 5.32 Å². The summed E-state index contributed by atoms with van der Waals surface area (Å²) >= 11 is 0. The molecule has 0 bridgehead atoms. The Bertz CT molecular complexity index is 419. The zero-order chi connectivity index (χ0) is 13.0. The highest BCUT2D eigenvalue weighted by molar-refractivity contribution is 5.89. The van der Waals surface area contributed by atoms with Crippen LogP contribution in [0.25, 0.3) is 0 Å². The summed E-state index contributed by atoms with van der Waals surface area (Å²) in [6.45, 7) is 4.61. The molecule has 3 heteroatoms. The molecule has 1 fully saturated rings. The second-order valence-electron chi connectivity index (χ2n) is 5.18. The fourth-order valence-electron chi connectivity index (χ4n) is 2.53. The van der Waals surface area contributed by atoms with Crippen LogP contribution in [0.2, 0.25) is 0 Å². The van der Waals surface area contributed by atoms with Crippen LogP contribution >= 0.6 is 0 Å². The maximum Gasteiger partial charge on any atom is 0.221 e. The molecule has 1 aromatic rings. The summed E-state index contributed by atoms with van der Waals surface area (Å²) in [7, 11) is 0. The fraction of sp³-hybridized carbons (Fsp3) is 0.533. The Morgan fingerprint density at radius 3 is 2.61 bits per heavy atom. The molecule has 0 atom stereocenters. The second-order valence-corrected chi connectivity index (χ2v) is 5.18. The molecule has 0 aromatic heterocycles. The van der Waals surface area contributed by atoms with Crippen LogP contribution in [0.3, 0.4) is 0 Å². The highest BCUT2D eigenvalue weighted by Gasteiger charge is 2.34. The quantitative estimate of drug-likeness (QED) is 0.838. The average molecular weight is 246 g/mol. The van der Waals surface area contributed by atoms with E-state index in [-0.39, 0.29) is 5.91 Å². The smallest absolute Gasteiger partial charge is 0.221 e. The zero-order valence-corrected chi connectivity index (χ0v) is 11.3. The Balaban J connectivity index is 2.02. The van der Waals surface area contributed by atoms with Crippen LogP contribution in [0.4, 0.5) is 5.69 Å². The van der Waals surface area contributed by atoms with Crippen molar-refractivity contribution in [3.63, 3.8) is 0 Å². The van der Waals surface area contributed by atoms with Crippen LogP contribution in [0.15, 0.2) is 24.3 Å². The number of carbonyl (C=O) groups excluding carboxylic acids is 1. The third-order valence-corrected chi connectivity index (χ3v) is 3.97. The lowest BCUT2D eigenvalue weighted by molar-refractivity contribution is -0.114. The molecular formula is C15H22N2O. The number of para-hydroxylation sites is 1. The number of rotatable bonds is 5. The van der Waals surface area contributed by atoms with Gasteiger partial charge in [-0.2, -0.15) is 0 Å². The first kappa shape index (κ1) is 13.1. The molecule has 1 saturated carbocycles. The van der Waals surface area contributed by atoms with Gasteiger partial charge in [-0.3, -0.25) is 4.79 Å². The van der Waals surface area contributed by atoms with Crippen molar-refractivity contribution < 1.29 is 4.79 Å². The van der Waals surface area contributed by atoms with Gasteiger partial charge in [-0.25, -0.2) is 0 Å². The molecule has 18 heavy (non-hydrogen) atoms. The number of amides is 1. The molecular weight excluding hydrogens is 224 g/mol. The van der Waals surface area contributed by atoms with Gasteiger partial charge in [-0.15, -0.1) is 0 Å². The van der Waals surface area contributed by atoms with Gasteiger partial charge in [0.15, 0.2) is 0 Å². The van der Waals surface area contributed by atoms with Gasteiger partial charge in [0, 0.05) is 24.7 Å². The lowest BCUT2D eigenvalue weighted by atomic mass is 9.75. The molecule has 1 amide bonds. The van der Waals surface area contributed by atoms with Gasteiger partial charge in [0.05, 0.1) is 0 Å². The Morgan fingerprint density at radius 1 is 1.33 bits per heavy atom. The predicted molar refractivity (Wildman–Crippen MR) is 74.5 cm³/mol. The van der Waals surface area contributed by atoms with Crippen LogP contribution < -0.4 is 10.6 Å². The highest BCUT2D eigenvalue weighted by Crippen LogP contribution is 2.35. The van der Waals surface area contributed by atoms with Crippen LogP contribution in [-0.4, -0.2) is 11.4 Å². The summed E-state index contributed by atoms with van der Waals surface area (Å²) < 4.78 is 0. The van der Waals surface area contributed by atoms with Gasteiger partial charge in [-0.05, 0) is 37.3 Å². The molecule has 1 aromatic carbocycles. The fourth-order valence-corrected chi connectivity index (χ4v) is 2.53. The molecule has 0 aliphatic heterocycles. The van der Waals surface area contributed by atoms with Crippen molar-refractivity contribution in [2.45, 2.75) is 51.6 Å². The maximum absolute atomic E-state index is 11.2. The lowest BCUT2D eigenvalue weighted by Gasteiger charge is -2.42. The maximum atomic E-state index is 11.2. The number of hydrogen-bond donors (Lipinski definition) is 2. The Morgan fingerprint density at radius 2 is 2.06 bits per heavy atom. The van der Waals surface area contributed by atoms with Crippen molar-refractivity contribution >= 4 is 11.6 Å². The number of nitrogens with one attached hydrogen (secondary N) is 2. The van der Waals surface area contributed by atoms with Crippen LogP contribution in [0.1, 0.15) is 45.1 Å². The van der Waals surface area contributed by atoms with Crippen molar-refractivity contribution in [3.05, 3.63) is 29.8 Å². The molecule has 0 radical (unpaired) electrons. The van der Waals surface area contributed by atoms with Crippen molar-refractivity contribution in [3.8, 4) is 0 Å². The summed E-state index contributed by atoms with van der Waals surface area (Å²) in [4.78, 5) is 11.2. The molecule has 0 spiro atoms. The topological polar surface area (TPSA) is 41.1 Å². The Hall–Kier alpha value is -1.35. The average Bonchev–Trinajstić information content (AvgIpc) is 2.29. The van der Waals surface area contributed by atoms with Gasteiger partial charge >= 0.3 is 0 Å². The third-order valence-electron chi connectivity index (χ3n) is 3.97. The minimum atomic E-state index is -0.0173. The van der Waals surface area contributed by atoms with E-state index in [1.165, 1.54) is 25.7 Å². The lowest BCUT2D eigenvalue weighted by Crippen LogP contribution is -2.49.